The normalized spacial score (nSPS) is 11.0. The SMILES string of the molecule is CCn1c(=O)c(-c2noc(CCC(=O)N(C)c3ccccc3C)n2)nn(-c2ccc(Cl)cc2)c1=O. The zero-order valence-corrected chi connectivity index (χ0v) is 20.2. The second-order valence-electron chi connectivity index (χ2n) is 7.82. The van der Waals surface area contributed by atoms with Crippen LogP contribution in [0.15, 0.2) is 62.6 Å². The largest absolute Gasteiger partial charge is 0.352 e. The van der Waals surface area contributed by atoms with Crippen molar-refractivity contribution < 1.29 is 9.32 Å². The van der Waals surface area contributed by atoms with E-state index < -0.39 is 11.2 Å². The number of benzene rings is 2. The topological polar surface area (TPSA) is 116 Å². The first kappa shape index (κ1) is 24.1. The van der Waals surface area contributed by atoms with E-state index in [-0.39, 0.29) is 42.7 Å². The van der Waals surface area contributed by atoms with Crippen molar-refractivity contribution in [3.63, 3.8) is 0 Å². The van der Waals surface area contributed by atoms with Crippen molar-refractivity contribution in [2.24, 2.45) is 0 Å². The van der Waals surface area contributed by atoms with Gasteiger partial charge in [-0.3, -0.25) is 14.2 Å². The Bertz CT molecular complexity index is 1490. The lowest BCUT2D eigenvalue weighted by Gasteiger charge is -2.19. The van der Waals surface area contributed by atoms with Crippen molar-refractivity contribution in [2.75, 3.05) is 11.9 Å². The molecule has 0 N–H and O–H groups in total. The van der Waals surface area contributed by atoms with E-state index in [9.17, 15) is 14.4 Å². The Labute approximate surface area is 205 Å². The second kappa shape index (κ2) is 10.1. The number of hydrogen-bond acceptors (Lipinski definition) is 7. The fraction of sp³-hybridized carbons (Fsp3) is 0.250. The molecule has 0 unspecified atom stereocenters. The molecule has 0 aliphatic carbocycles. The molecular formula is C24H23ClN6O4. The van der Waals surface area contributed by atoms with Gasteiger partial charge < -0.3 is 9.42 Å². The van der Waals surface area contributed by atoms with Crippen molar-refractivity contribution >= 4 is 23.2 Å². The summed E-state index contributed by atoms with van der Waals surface area (Å²) in [5, 5.41) is 8.57. The summed E-state index contributed by atoms with van der Waals surface area (Å²) >= 11 is 5.94. The molecule has 35 heavy (non-hydrogen) atoms. The van der Waals surface area contributed by atoms with Gasteiger partial charge in [0.25, 0.3) is 5.56 Å². The molecule has 2 aromatic heterocycles. The first-order chi connectivity index (χ1) is 16.8. The summed E-state index contributed by atoms with van der Waals surface area (Å²) in [7, 11) is 1.71. The van der Waals surface area contributed by atoms with Crippen LogP contribution >= 0.6 is 11.6 Å². The maximum Gasteiger partial charge on any atom is 0.352 e. The number of rotatable bonds is 7. The Morgan fingerprint density at radius 1 is 1.11 bits per heavy atom. The highest BCUT2D eigenvalue weighted by molar-refractivity contribution is 6.30. The van der Waals surface area contributed by atoms with Gasteiger partial charge in [-0.05, 0) is 49.7 Å². The first-order valence-corrected chi connectivity index (χ1v) is 11.3. The van der Waals surface area contributed by atoms with E-state index in [1.807, 2.05) is 31.2 Å². The van der Waals surface area contributed by atoms with Crippen LogP contribution in [0.4, 0.5) is 5.69 Å². The minimum absolute atomic E-state index is 0.0605. The van der Waals surface area contributed by atoms with Crippen molar-refractivity contribution in [1.82, 2.24) is 24.5 Å². The van der Waals surface area contributed by atoms with Crippen LogP contribution < -0.4 is 16.1 Å². The number of amides is 1. The Morgan fingerprint density at radius 3 is 2.51 bits per heavy atom. The summed E-state index contributed by atoms with van der Waals surface area (Å²) in [5.41, 5.74) is 0.855. The van der Waals surface area contributed by atoms with Crippen LogP contribution in [0.2, 0.25) is 5.02 Å². The van der Waals surface area contributed by atoms with Crippen molar-refractivity contribution in [1.29, 1.82) is 0 Å². The maximum absolute atomic E-state index is 12.9. The number of halogens is 1. The first-order valence-electron chi connectivity index (χ1n) is 11.0. The number of aromatic nitrogens is 5. The predicted octanol–water partition coefficient (Wildman–Crippen LogP) is 3.02. The molecule has 2 aromatic carbocycles. The van der Waals surface area contributed by atoms with E-state index >= 15 is 0 Å². The van der Waals surface area contributed by atoms with Crippen LogP contribution in [0.5, 0.6) is 0 Å². The molecule has 0 radical (unpaired) electrons. The molecule has 0 atom stereocenters. The van der Waals surface area contributed by atoms with Gasteiger partial charge >= 0.3 is 5.69 Å². The highest BCUT2D eigenvalue weighted by Gasteiger charge is 2.21. The molecule has 0 saturated carbocycles. The van der Waals surface area contributed by atoms with Crippen molar-refractivity contribution in [2.45, 2.75) is 33.2 Å². The third-order valence-electron chi connectivity index (χ3n) is 5.53. The fourth-order valence-electron chi connectivity index (χ4n) is 3.59. The summed E-state index contributed by atoms with van der Waals surface area (Å²) in [5.74, 6) is -0.00329. The quantitative estimate of drug-likeness (QED) is 0.387. The van der Waals surface area contributed by atoms with Gasteiger partial charge in [-0.2, -0.15) is 14.8 Å². The molecule has 0 bridgehead atoms. The smallest absolute Gasteiger partial charge is 0.339 e. The molecule has 0 fully saturated rings. The van der Waals surface area contributed by atoms with Crippen LogP contribution in [0.3, 0.4) is 0 Å². The summed E-state index contributed by atoms with van der Waals surface area (Å²) < 4.78 is 7.40. The molecule has 2 heterocycles. The van der Waals surface area contributed by atoms with Crippen molar-refractivity contribution in [3.05, 3.63) is 85.8 Å². The van der Waals surface area contributed by atoms with Crippen molar-refractivity contribution in [3.8, 4) is 17.2 Å². The minimum atomic E-state index is -0.634. The molecule has 4 rings (SSSR count). The van der Waals surface area contributed by atoms with Gasteiger partial charge in [0.1, 0.15) is 0 Å². The van der Waals surface area contributed by atoms with Gasteiger partial charge in [0.15, 0.2) is 5.69 Å². The highest BCUT2D eigenvalue weighted by atomic mass is 35.5. The number of aryl methyl sites for hydroxylation is 2. The van der Waals surface area contributed by atoms with Gasteiger partial charge in [-0.25, -0.2) is 4.79 Å². The lowest BCUT2D eigenvalue weighted by Crippen LogP contribution is -2.41. The second-order valence-corrected chi connectivity index (χ2v) is 8.26. The molecule has 4 aromatic rings. The van der Waals surface area contributed by atoms with Crippen LogP contribution in [-0.2, 0) is 17.8 Å². The Kier molecular flexibility index (Phi) is 6.92. The zero-order chi connectivity index (χ0) is 25.1. The fourth-order valence-corrected chi connectivity index (χ4v) is 3.72. The Morgan fingerprint density at radius 2 is 1.83 bits per heavy atom. The number of para-hydroxylation sites is 1. The number of nitrogens with zero attached hydrogens (tertiary/aromatic N) is 6. The average molecular weight is 495 g/mol. The third kappa shape index (κ3) is 4.92. The number of hydrogen-bond donors (Lipinski definition) is 0. The number of carbonyl (C=O) groups is 1. The summed E-state index contributed by atoms with van der Waals surface area (Å²) in [6.45, 7) is 3.74. The lowest BCUT2D eigenvalue weighted by atomic mass is 10.1. The molecule has 0 saturated heterocycles. The number of anilines is 1. The van der Waals surface area contributed by atoms with Gasteiger partial charge in [0.05, 0.1) is 5.69 Å². The van der Waals surface area contributed by atoms with Crippen LogP contribution in [-0.4, -0.2) is 37.4 Å². The van der Waals surface area contributed by atoms with Gasteiger partial charge in [-0.1, -0.05) is 35.0 Å². The Hall–Kier alpha value is -4.05. The molecule has 1 amide bonds. The molecule has 0 aliphatic heterocycles. The molecule has 180 valence electrons. The van der Waals surface area contributed by atoms with Gasteiger partial charge in [-0.15, -0.1) is 0 Å². The van der Waals surface area contributed by atoms with Crippen LogP contribution in [0, 0.1) is 6.92 Å². The minimum Gasteiger partial charge on any atom is -0.339 e. The molecule has 11 heteroatoms. The average Bonchev–Trinajstić information content (AvgIpc) is 3.32. The summed E-state index contributed by atoms with van der Waals surface area (Å²) in [6, 6.07) is 14.0. The molecule has 0 spiro atoms. The van der Waals surface area contributed by atoms with E-state index in [4.69, 9.17) is 16.1 Å². The van der Waals surface area contributed by atoms with Crippen LogP contribution in [0.1, 0.15) is 24.8 Å². The van der Waals surface area contributed by atoms with Gasteiger partial charge in [0, 0.05) is 37.1 Å². The molecule has 10 nitrogen and oxygen atoms in total. The predicted molar refractivity (Wildman–Crippen MR) is 131 cm³/mol. The molecule has 0 aliphatic rings. The van der Waals surface area contributed by atoms with E-state index in [0.717, 1.165) is 20.5 Å². The van der Waals surface area contributed by atoms with Gasteiger partial charge in [0.2, 0.25) is 17.6 Å². The van der Waals surface area contributed by atoms with E-state index in [1.165, 1.54) is 0 Å². The Balaban J connectivity index is 1.59. The molecular weight excluding hydrogens is 472 g/mol. The lowest BCUT2D eigenvalue weighted by molar-refractivity contribution is -0.118. The van der Waals surface area contributed by atoms with E-state index in [0.29, 0.717) is 10.7 Å². The highest BCUT2D eigenvalue weighted by Crippen LogP contribution is 2.19. The van der Waals surface area contributed by atoms with E-state index in [2.05, 4.69) is 15.2 Å². The number of carbonyl (C=O) groups excluding carboxylic acids is 1. The van der Waals surface area contributed by atoms with Crippen LogP contribution in [0.25, 0.3) is 17.2 Å². The monoisotopic (exact) mass is 494 g/mol. The standard InChI is InChI=1S/C24H23ClN6O4/c1-4-30-23(33)21(27-31(24(30)34)17-11-9-16(25)10-12-17)22-26-19(35-28-22)13-14-20(32)29(3)18-8-6-5-7-15(18)2/h5-12H,4,13-14H2,1-3H3. The summed E-state index contributed by atoms with van der Waals surface area (Å²) in [6.07, 6.45) is 0.310. The van der Waals surface area contributed by atoms with E-state index in [1.54, 1.807) is 43.1 Å². The maximum atomic E-state index is 12.9. The third-order valence-corrected chi connectivity index (χ3v) is 5.78. The zero-order valence-electron chi connectivity index (χ0n) is 19.4. The summed E-state index contributed by atoms with van der Waals surface area (Å²) in [4.78, 5) is 44.2.